The van der Waals surface area contributed by atoms with E-state index in [0.29, 0.717) is 111 Å². The molecule has 0 radical (unpaired) electrons. The Labute approximate surface area is 519 Å². The molecule has 19 heteroatoms. The summed E-state index contributed by atoms with van der Waals surface area (Å²) in [6.07, 6.45) is 16.0. The monoisotopic (exact) mass is 1200 g/mol. The summed E-state index contributed by atoms with van der Waals surface area (Å²) in [5.41, 5.74) is 9.66. The van der Waals surface area contributed by atoms with Gasteiger partial charge in [0.2, 0.25) is 0 Å². The zero-order chi connectivity index (χ0) is 61.9. The number of carbonyl (C=O) groups excluding carboxylic acids is 3. The van der Waals surface area contributed by atoms with Crippen molar-refractivity contribution in [3.8, 4) is 17.2 Å². The largest absolute Gasteiger partial charge is 0.491 e. The molecule has 9 aromatic rings. The second-order valence-electron chi connectivity index (χ2n) is 25.0. The molecule has 5 aliphatic rings. The first kappa shape index (κ1) is 60.7. The number of aromatic nitrogens is 6. The number of hydrogen-bond acceptors (Lipinski definition) is 13. The summed E-state index contributed by atoms with van der Waals surface area (Å²) >= 11 is 0. The summed E-state index contributed by atoms with van der Waals surface area (Å²) in [6, 6.07) is 29.6. The topological polar surface area (TPSA) is 212 Å². The predicted molar refractivity (Wildman–Crippen MR) is 342 cm³/mol. The van der Waals surface area contributed by atoms with Crippen LogP contribution in [0.4, 0.5) is 0 Å². The Morgan fingerprint density at radius 3 is 1.49 bits per heavy atom. The first-order valence-electron chi connectivity index (χ1n) is 31.4. The summed E-state index contributed by atoms with van der Waals surface area (Å²) < 4.78 is 29.7. The van der Waals surface area contributed by atoms with E-state index in [1.54, 1.807) is 0 Å². The van der Waals surface area contributed by atoms with Gasteiger partial charge in [0.05, 0.1) is 62.9 Å². The van der Waals surface area contributed by atoms with Crippen LogP contribution in [-0.4, -0.2) is 98.5 Å². The molecule has 14 rings (SSSR count). The molecule has 89 heavy (non-hydrogen) atoms. The van der Waals surface area contributed by atoms with Crippen LogP contribution < -0.4 is 46.1 Å². The fourth-order valence-corrected chi connectivity index (χ4v) is 13.2. The van der Waals surface area contributed by atoms with Crippen molar-refractivity contribution in [2.45, 2.75) is 117 Å². The van der Waals surface area contributed by atoms with Crippen molar-refractivity contribution >= 4 is 34.3 Å². The van der Waals surface area contributed by atoms with Gasteiger partial charge in [0.1, 0.15) is 60.1 Å². The van der Waals surface area contributed by atoms with Gasteiger partial charge in [-0.2, -0.15) is 0 Å². The van der Waals surface area contributed by atoms with E-state index in [9.17, 15) is 14.4 Å². The van der Waals surface area contributed by atoms with Gasteiger partial charge in [-0.3, -0.25) is 14.4 Å². The Bertz CT molecular complexity index is 4070. The highest BCUT2D eigenvalue weighted by Gasteiger charge is 2.47. The van der Waals surface area contributed by atoms with E-state index in [0.717, 1.165) is 101 Å². The van der Waals surface area contributed by atoms with Gasteiger partial charge in [-0.15, -0.1) is 0 Å². The number of nitrogens with one attached hydrogen (secondary N) is 6. The van der Waals surface area contributed by atoms with Crippen LogP contribution in [0, 0.1) is 32.6 Å². The van der Waals surface area contributed by atoms with E-state index in [-0.39, 0.29) is 17.7 Å². The predicted octanol–water partition coefficient (Wildman–Crippen LogP) is 9.56. The molecule has 1 saturated carbocycles. The van der Waals surface area contributed by atoms with Crippen LogP contribution in [0.3, 0.4) is 0 Å². The van der Waals surface area contributed by atoms with Gasteiger partial charge in [0, 0.05) is 101 Å². The summed E-state index contributed by atoms with van der Waals surface area (Å²) in [6.45, 7) is 21.9. The van der Waals surface area contributed by atoms with E-state index >= 15 is 0 Å². The lowest BCUT2D eigenvalue weighted by Crippen LogP contribution is -2.50. The Morgan fingerprint density at radius 1 is 0.562 bits per heavy atom. The van der Waals surface area contributed by atoms with Crippen LogP contribution in [0.25, 0.3) is 16.6 Å². The highest BCUT2D eigenvalue weighted by molar-refractivity contribution is 5.99. The lowest BCUT2D eigenvalue weighted by Gasteiger charge is -2.37. The normalized spacial score (nSPS) is 17.5. The van der Waals surface area contributed by atoms with Gasteiger partial charge < -0.3 is 64.1 Å². The number of hydrogen-bond donors (Lipinski definition) is 6. The van der Waals surface area contributed by atoms with Crippen LogP contribution in [0.5, 0.6) is 17.2 Å². The molecule has 3 amide bonds. The molecule has 4 aliphatic heterocycles. The minimum Gasteiger partial charge on any atom is -0.491 e. The number of imidazole rings is 3. The summed E-state index contributed by atoms with van der Waals surface area (Å²) in [5.74, 6) is 4.98. The summed E-state index contributed by atoms with van der Waals surface area (Å²) in [7, 11) is 0. The Kier molecular flexibility index (Phi) is 17.6. The van der Waals surface area contributed by atoms with Gasteiger partial charge in [0.15, 0.2) is 0 Å². The molecule has 2 atom stereocenters. The molecule has 3 aromatic carbocycles. The van der Waals surface area contributed by atoms with Gasteiger partial charge in [-0.25, -0.2) is 15.0 Å². The van der Waals surface area contributed by atoms with Crippen LogP contribution in [0.15, 0.2) is 128 Å². The molecule has 0 spiro atoms. The van der Waals surface area contributed by atoms with Gasteiger partial charge in [-0.05, 0) is 119 Å². The highest BCUT2D eigenvalue weighted by Crippen LogP contribution is 2.46. The maximum atomic E-state index is 13.5. The number of aryl methyl sites for hydroxylation is 3. The SMILES string of the molecule is Cc1cccn2c(C(C)(CC(C)C)NC(=O)c3cccc4c3OCCNC4)ncc12.Cc1cccn2c(C(C)(NC(=O)c3cccc4c3OCCNC4)C3CC3)ncc12.Cc1cccn2c(C3(NC(=O)c4cccc5c4OCCNC5)CCOCC3)ncc12. The van der Waals surface area contributed by atoms with Gasteiger partial charge >= 0.3 is 0 Å². The summed E-state index contributed by atoms with van der Waals surface area (Å²) in [5, 5.41) is 19.9. The molecule has 2 fully saturated rings. The average Bonchev–Trinajstić information content (AvgIpc) is 1.90. The second-order valence-corrected chi connectivity index (χ2v) is 25.0. The number of carbonyl (C=O) groups is 3. The first-order valence-corrected chi connectivity index (χ1v) is 31.4. The van der Waals surface area contributed by atoms with E-state index < -0.39 is 16.6 Å². The second kappa shape index (κ2) is 25.8. The standard InChI is InChI=1S/C24H30N4O2.C23H26N4O3.C23H26N4O2/c1-16(2)13-24(4,23-26-15-20-17(3)7-6-11-28(20)23)27-22(29)19-9-5-8-18-14-25-10-12-30-21(18)19;1-16-4-3-10-27-19(16)15-25-22(27)23(7-11-29-12-8-23)26-21(28)18-6-2-5-17-14-24-9-13-30-20(17)18;1-15-5-4-11-27-19(15)14-25-22(27)23(2,17-8-9-17)26-21(28)18-7-3-6-16-13-24-10-12-29-20(16)18/h5-9,11,15-16,25H,10,12-14H2,1-4H3,(H,27,29);2-6,10,15,24H,7-9,11-14H2,1H3,(H,26,28);3-7,11,14,17,24H,8-10,12-13H2,1-2H3,(H,26,28). The van der Waals surface area contributed by atoms with Crippen molar-refractivity contribution in [1.29, 1.82) is 0 Å². The lowest BCUT2D eigenvalue weighted by molar-refractivity contribution is 0.0311. The molecular formula is C70H82N12O7. The maximum Gasteiger partial charge on any atom is 0.255 e. The highest BCUT2D eigenvalue weighted by atomic mass is 16.5. The zero-order valence-corrected chi connectivity index (χ0v) is 52.1. The molecule has 19 nitrogen and oxygen atoms in total. The molecule has 1 aliphatic carbocycles. The number of ether oxygens (including phenoxy) is 4. The fourth-order valence-electron chi connectivity index (χ4n) is 13.2. The Hall–Kier alpha value is -8.62. The fraction of sp³-hybridized carbons (Fsp3) is 0.400. The minimum absolute atomic E-state index is 0.109. The van der Waals surface area contributed by atoms with Crippen molar-refractivity contribution in [2.24, 2.45) is 11.8 Å². The number of rotatable bonds is 12. The number of amides is 3. The van der Waals surface area contributed by atoms with Crippen LogP contribution in [-0.2, 0) is 41.0 Å². The molecular weight excluding hydrogens is 1120 g/mol. The quantitative estimate of drug-likeness (QED) is 0.0674. The maximum absolute atomic E-state index is 13.5. The third-order valence-electron chi connectivity index (χ3n) is 18.0. The Morgan fingerprint density at radius 2 is 1.00 bits per heavy atom. The zero-order valence-electron chi connectivity index (χ0n) is 52.1. The van der Waals surface area contributed by atoms with E-state index in [4.69, 9.17) is 33.9 Å². The van der Waals surface area contributed by atoms with E-state index in [1.165, 1.54) is 5.56 Å². The number of nitrogens with zero attached hydrogens (tertiary/aromatic N) is 6. The smallest absolute Gasteiger partial charge is 0.255 e. The number of pyridine rings is 3. The molecule has 2 unspecified atom stereocenters. The molecule has 1 saturated heterocycles. The van der Waals surface area contributed by atoms with Crippen LogP contribution >= 0.6 is 0 Å². The van der Waals surface area contributed by atoms with Crippen molar-refractivity contribution in [3.05, 3.63) is 196 Å². The van der Waals surface area contributed by atoms with Crippen LogP contribution in [0.2, 0.25) is 0 Å². The van der Waals surface area contributed by atoms with Gasteiger partial charge in [0.25, 0.3) is 17.7 Å². The molecule has 6 aromatic heterocycles. The molecule has 10 heterocycles. The van der Waals surface area contributed by atoms with Crippen LogP contribution in [0.1, 0.15) is 142 Å². The van der Waals surface area contributed by atoms with Crippen molar-refractivity contribution in [2.75, 3.05) is 52.7 Å². The van der Waals surface area contributed by atoms with Crippen molar-refractivity contribution < 1.29 is 33.3 Å². The van der Waals surface area contributed by atoms with Crippen molar-refractivity contribution in [1.82, 2.24) is 60.1 Å². The number of benzene rings is 3. The molecule has 464 valence electrons. The van der Waals surface area contributed by atoms with E-state index in [1.807, 2.05) is 110 Å². The van der Waals surface area contributed by atoms with E-state index in [2.05, 4.69) is 112 Å². The average molecular weight is 1200 g/mol. The van der Waals surface area contributed by atoms with Gasteiger partial charge in [-0.1, -0.05) is 68.4 Å². The Balaban J connectivity index is 0.000000130. The molecule has 0 bridgehead atoms. The minimum atomic E-state index is -0.628. The number of fused-ring (bicyclic) bond motifs is 6. The third kappa shape index (κ3) is 12.5. The number of para-hydroxylation sites is 3. The summed E-state index contributed by atoms with van der Waals surface area (Å²) in [4.78, 5) is 54.6. The first-order chi connectivity index (χ1) is 43.1. The van der Waals surface area contributed by atoms with Crippen molar-refractivity contribution in [3.63, 3.8) is 0 Å². The lowest BCUT2D eigenvalue weighted by atomic mass is 9.88. The molecule has 6 N–H and O–H groups in total. The third-order valence-corrected chi connectivity index (χ3v) is 18.0.